The van der Waals surface area contributed by atoms with E-state index in [1.54, 1.807) is 36.4 Å². The number of amides is 1. The molecule has 37 heavy (non-hydrogen) atoms. The van der Waals surface area contributed by atoms with Gasteiger partial charge in [-0.15, -0.1) is 0 Å². The third-order valence-corrected chi connectivity index (χ3v) is 8.17. The SMILES string of the molecule is COC=Cc1cc2c(Oc3ccc4c(c3)[C@H](C)N(C(=O)O)CC4)ccnc2n1S(=O)(=O)c1ccccc1. The van der Waals surface area contributed by atoms with Crippen LogP contribution < -0.4 is 4.74 Å². The molecule has 9 nitrogen and oxygen atoms in total. The Kier molecular flexibility index (Phi) is 6.34. The lowest BCUT2D eigenvalue weighted by molar-refractivity contribution is 0.124. The van der Waals surface area contributed by atoms with E-state index in [1.165, 1.54) is 40.6 Å². The fourth-order valence-electron chi connectivity index (χ4n) is 4.61. The van der Waals surface area contributed by atoms with Gasteiger partial charge in [-0.05, 0) is 66.9 Å². The molecule has 1 amide bonds. The zero-order chi connectivity index (χ0) is 26.2. The normalized spacial score (nSPS) is 15.6. The van der Waals surface area contributed by atoms with Crippen molar-refractivity contribution in [3.63, 3.8) is 0 Å². The molecule has 190 valence electrons. The summed E-state index contributed by atoms with van der Waals surface area (Å²) < 4.78 is 39.6. The third kappa shape index (κ3) is 4.40. The number of carbonyl (C=O) groups is 1. The number of hydrogen-bond donors (Lipinski definition) is 1. The molecule has 1 N–H and O–H groups in total. The highest BCUT2D eigenvalue weighted by atomic mass is 32.2. The number of ether oxygens (including phenoxy) is 2. The zero-order valence-corrected chi connectivity index (χ0v) is 21.1. The number of rotatable bonds is 6. The maximum atomic E-state index is 13.6. The molecule has 1 aliphatic rings. The molecule has 2 aromatic heterocycles. The van der Waals surface area contributed by atoms with Crippen molar-refractivity contribution in [2.24, 2.45) is 0 Å². The van der Waals surface area contributed by atoms with Crippen LogP contribution in [0.5, 0.6) is 11.5 Å². The van der Waals surface area contributed by atoms with E-state index in [9.17, 15) is 18.3 Å². The van der Waals surface area contributed by atoms with Gasteiger partial charge < -0.3 is 19.5 Å². The summed E-state index contributed by atoms with van der Waals surface area (Å²) in [4.78, 5) is 17.5. The van der Waals surface area contributed by atoms with Gasteiger partial charge in [-0.1, -0.05) is 24.3 Å². The summed E-state index contributed by atoms with van der Waals surface area (Å²) in [5.74, 6) is 0.926. The van der Waals surface area contributed by atoms with Crippen molar-refractivity contribution in [3.05, 3.63) is 89.9 Å². The number of methoxy groups -OCH3 is 1. The molecule has 0 saturated heterocycles. The van der Waals surface area contributed by atoms with E-state index in [0.717, 1.165) is 11.1 Å². The average molecular weight is 520 g/mol. The number of nitrogens with zero attached hydrogens (tertiary/aromatic N) is 3. The second-order valence-electron chi connectivity index (χ2n) is 8.60. The fourth-order valence-corrected chi connectivity index (χ4v) is 6.08. The van der Waals surface area contributed by atoms with Gasteiger partial charge in [0.05, 0.1) is 35.4 Å². The van der Waals surface area contributed by atoms with Gasteiger partial charge in [0.1, 0.15) is 11.5 Å². The second kappa shape index (κ2) is 9.62. The highest BCUT2D eigenvalue weighted by molar-refractivity contribution is 7.90. The monoisotopic (exact) mass is 519 g/mol. The van der Waals surface area contributed by atoms with Crippen LogP contribution in [0.2, 0.25) is 0 Å². The molecule has 4 aromatic rings. The zero-order valence-electron chi connectivity index (χ0n) is 20.2. The summed E-state index contributed by atoms with van der Waals surface area (Å²) in [6.45, 7) is 2.29. The van der Waals surface area contributed by atoms with E-state index in [4.69, 9.17) is 9.47 Å². The van der Waals surface area contributed by atoms with Crippen molar-refractivity contribution in [3.8, 4) is 11.5 Å². The smallest absolute Gasteiger partial charge is 0.407 e. The van der Waals surface area contributed by atoms with Gasteiger partial charge in [-0.2, -0.15) is 0 Å². The summed E-state index contributed by atoms with van der Waals surface area (Å²) >= 11 is 0. The molecule has 0 saturated carbocycles. The molecule has 0 radical (unpaired) electrons. The lowest BCUT2D eigenvalue weighted by Gasteiger charge is -2.33. The van der Waals surface area contributed by atoms with Crippen LogP contribution in [0.4, 0.5) is 4.79 Å². The van der Waals surface area contributed by atoms with Crippen molar-refractivity contribution < 1.29 is 27.8 Å². The summed E-state index contributed by atoms with van der Waals surface area (Å²) in [6.07, 6.45) is 4.10. The molecule has 1 atom stereocenters. The lowest BCUT2D eigenvalue weighted by Crippen LogP contribution is -2.37. The van der Waals surface area contributed by atoms with Crippen molar-refractivity contribution in [1.82, 2.24) is 13.9 Å². The Bertz CT molecular complexity index is 1610. The van der Waals surface area contributed by atoms with Crippen LogP contribution in [0.3, 0.4) is 0 Å². The first-order valence-corrected chi connectivity index (χ1v) is 13.1. The van der Waals surface area contributed by atoms with Gasteiger partial charge >= 0.3 is 6.09 Å². The van der Waals surface area contributed by atoms with Crippen molar-refractivity contribution in [1.29, 1.82) is 0 Å². The van der Waals surface area contributed by atoms with E-state index < -0.39 is 16.1 Å². The van der Waals surface area contributed by atoms with Gasteiger partial charge in [0.2, 0.25) is 0 Å². The molecule has 0 fully saturated rings. The average Bonchev–Trinajstić information content (AvgIpc) is 3.28. The van der Waals surface area contributed by atoms with Crippen LogP contribution in [-0.4, -0.2) is 47.1 Å². The van der Waals surface area contributed by atoms with Gasteiger partial charge in [0.25, 0.3) is 10.0 Å². The maximum Gasteiger partial charge on any atom is 0.407 e. The van der Waals surface area contributed by atoms with E-state index in [1.807, 2.05) is 25.1 Å². The predicted octanol–water partition coefficient (Wildman–Crippen LogP) is 5.28. The van der Waals surface area contributed by atoms with Crippen molar-refractivity contribution in [2.75, 3.05) is 13.7 Å². The molecule has 2 aromatic carbocycles. The van der Waals surface area contributed by atoms with Crippen LogP contribution >= 0.6 is 0 Å². The first-order valence-electron chi connectivity index (χ1n) is 11.6. The van der Waals surface area contributed by atoms with E-state index in [-0.39, 0.29) is 16.6 Å². The summed E-state index contributed by atoms with van der Waals surface area (Å²) in [6, 6.07) is 16.8. The Hall–Kier alpha value is -4.31. The number of aromatic nitrogens is 2. The Labute approximate surface area is 214 Å². The Balaban J connectivity index is 1.60. The Morgan fingerprint density at radius 2 is 1.92 bits per heavy atom. The first-order chi connectivity index (χ1) is 17.8. The van der Waals surface area contributed by atoms with Crippen LogP contribution in [0.1, 0.15) is 29.8 Å². The molecular weight excluding hydrogens is 494 g/mol. The minimum Gasteiger partial charge on any atom is -0.504 e. The number of pyridine rings is 1. The number of benzene rings is 2. The van der Waals surface area contributed by atoms with Gasteiger partial charge in [0.15, 0.2) is 5.65 Å². The van der Waals surface area contributed by atoms with Crippen LogP contribution in [0, 0.1) is 0 Å². The second-order valence-corrected chi connectivity index (χ2v) is 10.4. The van der Waals surface area contributed by atoms with E-state index >= 15 is 0 Å². The van der Waals surface area contributed by atoms with Crippen molar-refractivity contribution >= 4 is 33.2 Å². The van der Waals surface area contributed by atoms with Gasteiger partial charge in [-0.3, -0.25) is 0 Å². The van der Waals surface area contributed by atoms with E-state index in [0.29, 0.717) is 35.5 Å². The minimum absolute atomic E-state index is 0.124. The van der Waals surface area contributed by atoms with Crippen LogP contribution in [-0.2, 0) is 21.2 Å². The number of fused-ring (bicyclic) bond motifs is 2. The molecule has 0 unspecified atom stereocenters. The summed E-state index contributed by atoms with van der Waals surface area (Å²) in [5.41, 5.74) is 2.51. The fraction of sp³-hybridized carbons (Fsp3) is 0.185. The molecule has 0 aliphatic carbocycles. The molecule has 10 heteroatoms. The Morgan fingerprint density at radius 3 is 2.65 bits per heavy atom. The quantitative estimate of drug-likeness (QED) is 0.345. The third-order valence-electron chi connectivity index (χ3n) is 6.43. The highest BCUT2D eigenvalue weighted by Crippen LogP contribution is 2.37. The number of carboxylic acid groups (broad SMARTS) is 1. The molecule has 5 rings (SSSR count). The highest BCUT2D eigenvalue weighted by Gasteiger charge is 2.28. The van der Waals surface area contributed by atoms with E-state index in [2.05, 4.69) is 4.98 Å². The lowest BCUT2D eigenvalue weighted by atomic mass is 9.93. The summed E-state index contributed by atoms with van der Waals surface area (Å²) in [7, 11) is -2.50. The van der Waals surface area contributed by atoms with Crippen LogP contribution in [0.25, 0.3) is 17.1 Å². The van der Waals surface area contributed by atoms with Crippen molar-refractivity contribution in [2.45, 2.75) is 24.3 Å². The standard InChI is InChI=1S/C27H25N3O6S/c1-18-23-17-21(9-8-19(23)11-14-29(18)27(31)32)36-25-10-13-28-26-24(25)16-20(12-15-35-2)30(26)37(33,34)22-6-4-3-5-7-22/h3-10,12-13,15-18H,11,14H2,1-2H3,(H,31,32)/t18-/m0/s1. The maximum absolute atomic E-state index is 13.6. The Morgan fingerprint density at radius 1 is 1.14 bits per heavy atom. The summed E-state index contributed by atoms with van der Waals surface area (Å²) in [5, 5.41) is 10.0. The largest absolute Gasteiger partial charge is 0.504 e. The van der Waals surface area contributed by atoms with Gasteiger partial charge in [0, 0.05) is 12.7 Å². The first kappa shape index (κ1) is 24.4. The molecule has 0 bridgehead atoms. The topological polar surface area (TPSA) is 111 Å². The van der Waals surface area contributed by atoms with Gasteiger partial charge in [-0.25, -0.2) is 22.2 Å². The molecular formula is C27H25N3O6S. The molecule has 3 heterocycles. The van der Waals surface area contributed by atoms with Crippen LogP contribution in [0.15, 0.2) is 78.0 Å². The number of hydrogen-bond acceptors (Lipinski definition) is 6. The molecule has 1 aliphatic heterocycles. The molecule has 0 spiro atoms. The minimum atomic E-state index is -3.98. The predicted molar refractivity (Wildman–Crippen MR) is 138 cm³/mol.